The van der Waals surface area contributed by atoms with E-state index in [2.05, 4.69) is 9.88 Å². The van der Waals surface area contributed by atoms with Gasteiger partial charge in [0.05, 0.1) is 24.2 Å². The van der Waals surface area contributed by atoms with Crippen molar-refractivity contribution in [2.24, 2.45) is 5.41 Å². The Hall–Kier alpha value is -4.64. The second kappa shape index (κ2) is 12.3. The largest absolute Gasteiger partial charge is 0.493 e. The molecule has 0 radical (unpaired) electrons. The Bertz CT molecular complexity index is 1690. The highest BCUT2D eigenvalue weighted by Crippen LogP contribution is 2.40. The van der Waals surface area contributed by atoms with E-state index in [0.717, 1.165) is 10.9 Å². The standard InChI is InChI=1S/C32H37N5O6/c1-5-37-25-8-7-24(20-26(25)34(4)30(40)32(2,3)31(37)41)42-17-6-13-35(21-22-9-12-33-27(38)19-22)15-16-36-14-10-23-11-18-43-28(23)29(36)39/h7-12,14,18-20H,5-6,13,15-17,21H2,1-4H3,(H,33,38). The summed E-state index contributed by atoms with van der Waals surface area (Å²) >= 11 is 0. The second-order valence-electron chi connectivity index (χ2n) is 11.2. The minimum atomic E-state index is -1.17. The van der Waals surface area contributed by atoms with Crippen molar-refractivity contribution in [3.05, 3.63) is 77.0 Å². The number of carbonyl (C=O) groups excluding carboxylic acids is 2. The lowest BCUT2D eigenvalue weighted by Crippen LogP contribution is -2.47. The van der Waals surface area contributed by atoms with E-state index in [1.807, 2.05) is 31.2 Å². The van der Waals surface area contributed by atoms with Crippen LogP contribution >= 0.6 is 0 Å². The van der Waals surface area contributed by atoms with E-state index >= 15 is 0 Å². The van der Waals surface area contributed by atoms with E-state index in [-0.39, 0.29) is 23.3 Å². The third-order valence-electron chi connectivity index (χ3n) is 7.88. The molecule has 4 aromatic rings. The number of aromatic hydroxyl groups is 1. The summed E-state index contributed by atoms with van der Waals surface area (Å²) in [5.74, 6) is 0.0624. The highest BCUT2D eigenvalue weighted by Gasteiger charge is 2.45. The van der Waals surface area contributed by atoms with Crippen molar-refractivity contribution in [2.75, 3.05) is 43.1 Å². The molecule has 2 amide bonds. The van der Waals surface area contributed by atoms with Crippen molar-refractivity contribution >= 4 is 34.2 Å². The summed E-state index contributed by atoms with van der Waals surface area (Å²) in [6.07, 6.45) is 5.53. The average Bonchev–Trinajstić information content (AvgIpc) is 3.47. The minimum absolute atomic E-state index is 0.0429. The van der Waals surface area contributed by atoms with Gasteiger partial charge in [-0.05, 0) is 63.1 Å². The number of rotatable bonds is 11. The molecule has 4 heterocycles. The molecule has 5 rings (SSSR count). The van der Waals surface area contributed by atoms with E-state index in [1.165, 1.54) is 11.2 Å². The van der Waals surface area contributed by atoms with Crippen LogP contribution < -0.4 is 20.1 Å². The fourth-order valence-corrected chi connectivity index (χ4v) is 5.45. The Morgan fingerprint density at radius 2 is 1.84 bits per heavy atom. The number of fused-ring (bicyclic) bond motifs is 2. The lowest BCUT2D eigenvalue weighted by Gasteiger charge is -2.27. The Labute approximate surface area is 249 Å². The Balaban J connectivity index is 1.26. The number of ether oxygens (including phenoxy) is 1. The van der Waals surface area contributed by atoms with Crippen molar-refractivity contribution in [3.63, 3.8) is 0 Å². The monoisotopic (exact) mass is 587 g/mol. The van der Waals surface area contributed by atoms with E-state index in [1.54, 1.807) is 61.0 Å². The summed E-state index contributed by atoms with van der Waals surface area (Å²) in [6.45, 7) is 8.32. The lowest BCUT2D eigenvalue weighted by atomic mass is 9.90. The van der Waals surface area contributed by atoms with Crippen molar-refractivity contribution < 1.29 is 23.8 Å². The molecule has 0 fully saturated rings. The van der Waals surface area contributed by atoms with E-state index in [9.17, 15) is 19.5 Å². The smallest absolute Gasteiger partial charge is 0.294 e. The topological polar surface area (TPSA) is 121 Å². The quantitative estimate of drug-likeness (QED) is 0.206. The van der Waals surface area contributed by atoms with Crippen molar-refractivity contribution in [1.29, 1.82) is 0 Å². The number of hydrogen-bond acceptors (Lipinski definition) is 8. The van der Waals surface area contributed by atoms with Crippen LogP contribution in [0, 0.1) is 5.41 Å². The fourth-order valence-electron chi connectivity index (χ4n) is 5.45. The zero-order valence-electron chi connectivity index (χ0n) is 24.9. The van der Waals surface area contributed by atoms with Crippen LogP contribution in [0.2, 0.25) is 0 Å². The SMILES string of the molecule is CCN1C(=O)C(C)(C)C(=O)N(C)c2cc(OCCCN(CCn3ccc4ccoc4c3=O)Cc3ccnc(O)c3)ccc21. The van der Waals surface area contributed by atoms with Gasteiger partial charge >= 0.3 is 0 Å². The molecular weight excluding hydrogens is 550 g/mol. The van der Waals surface area contributed by atoms with Gasteiger partial charge in [0.2, 0.25) is 17.7 Å². The van der Waals surface area contributed by atoms with Crippen molar-refractivity contribution in [2.45, 2.75) is 40.3 Å². The number of benzene rings is 1. The van der Waals surface area contributed by atoms with Crippen LogP contribution in [-0.2, 0) is 22.7 Å². The molecule has 1 aliphatic rings. The Morgan fingerprint density at radius 3 is 2.60 bits per heavy atom. The van der Waals surface area contributed by atoms with E-state index < -0.39 is 5.41 Å². The van der Waals surface area contributed by atoms with Gasteiger partial charge < -0.3 is 28.6 Å². The van der Waals surface area contributed by atoms with Crippen LogP contribution in [0.1, 0.15) is 32.8 Å². The summed E-state index contributed by atoms with van der Waals surface area (Å²) < 4.78 is 13.1. The molecule has 0 spiro atoms. The van der Waals surface area contributed by atoms with Gasteiger partial charge in [0.25, 0.3) is 5.56 Å². The average molecular weight is 588 g/mol. The first-order chi connectivity index (χ1) is 20.6. The number of amides is 2. The number of carbonyl (C=O) groups is 2. The summed E-state index contributed by atoms with van der Waals surface area (Å²) in [5, 5.41) is 10.6. The first-order valence-electron chi connectivity index (χ1n) is 14.4. The Kier molecular flexibility index (Phi) is 8.54. The van der Waals surface area contributed by atoms with Crippen LogP contribution in [0.4, 0.5) is 11.4 Å². The summed E-state index contributed by atoms with van der Waals surface area (Å²) in [4.78, 5) is 48.3. The molecule has 43 heavy (non-hydrogen) atoms. The van der Waals surface area contributed by atoms with Crippen molar-refractivity contribution in [1.82, 2.24) is 14.5 Å². The van der Waals surface area contributed by atoms with Gasteiger partial charge in [-0.3, -0.25) is 19.3 Å². The zero-order chi connectivity index (χ0) is 30.7. The molecule has 3 aromatic heterocycles. The molecule has 1 N–H and O–H groups in total. The summed E-state index contributed by atoms with van der Waals surface area (Å²) in [6, 6.07) is 12.6. The van der Waals surface area contributed by atoms with Crippen LogP contribution in [-0.4, -0.2) is 64.7 Å². The molecule has 0 saturated heterocycles. The second-order valence-corrected chi connectivity index (χ2v) is 11.2. The first-order valence-corrected chi connectivity index (χ1v) is 14.4. The maximum atomic E-state index is 13.1. The lowest BCUT2D eigenvalue weighted by molar-refractivity contribution is -0.137. The predicted octanol–water partition coefficient (Wildman–Crippen LogP) is 4.02. The van der Waals surface area contributed by atoms with Gasteiger partial charge in [0.1, 0.15) is 11.2 Å². The van der Waals surface area contributed by atoms with Gasteiger partial charge in [0.15, 0.2) is 5.58 Å². The Morgan fingerprint density at radius 1 is 1.02 bits per heavy atom. The molecule has 11 heteroatoms. The number of hydrogen-bond donors (Lipinski definition) is 1. The van der Waals surface area contributed by atoms with Crippen LogP contribution in [0.25, 0.3) is 11.0 Å². The third kappa shape index (κ3) is 6.12. The van der Waals surface area contributed by atoms with E-state index in [0.29, 0.717) is 68.5 Å². The van der Waals surface area contributed by atoms with E-state index in [4.69, 9.17) is 9.15 Å². The molecule has 1 aromatic carbocycles. The maximum absolute atomic E-state index is 13.1. The summed E-state index contributed by atoms with van der Waals surface area (Å²) in [5.41, 5.74) is 1.20. The zero-order valence-corrected chi connectivity index (χ0v) is 24.9. The van der Waals surface area contributed by atoms with Crippen LogP contribution in [0.3, 0.4) is 0 Å². The number of furan rings is 1. The number of aromatic nitrogens is 2. The number of pyridine rings is 2. The molecule has 226 valence electrons. The van der Waals surface area contributed by atoms with Crippen LogP contribution in [0.5, 0.6) is 11.6 Å². The first kappa shape index (κ1) is 29.8. The number of anilines is 2. The molecule has 0 saturated carbocycles. The molecule has 11 nitrogen and oxygen atoms in total. The summed E-state index contributed by atoms with van der Waals surface area (Å²) in [7, 11) is 1.68. The minimum Gasteiger partial charge on any atom is -0.493 e. The fraction of sp³-hybridized carbons (Fsp3) is 0.375. The highest BCUT2D eigenvalue weighted by molar-refractivity contribution is 6.20. The molecular formula is C32H37N5O6. The van der Waals surface area contributed by atoms with Crippen LogP contribution in [0.15, 0.2) is 70.3 Å². The van der Waals surface area contributed by atoms with Gasteiger partial charge in [-0.1, -0.05) is 0 Å². The normalized spacial score (nSPS) is 14.8. The molecule has 0 unspecified atom stereocenters. The maximum Gasteiger partial charge on any atom is 0.294 e. The molecule has 0 aliphatic carbocycles. The van der Waals surface area contributed by atoms with Gasteiger partial charge in [-0.15, -0.1) is 0 Å². The van der Waals surface area contributed by atoms with Gasteiger partial charge in [-0.25, -0.2) is 4.98 Å². The van der Waals surface area contributed by atoms with Gasteiger partial charge in [0, 0.05) is 69.7 Å². The third-order valence-corrected chi connectivity index (χ3v) is 7.88. The molecule has 1 aliphatic heterocycles. The molecule has 0 atom stereocenters. The highest BCUT2D eigenvalue weighted by atomic mass is 16.5. The molecule has 0 bridgehead atoms. The predicted molar refractivity (Wildman–Crippen MR) is 163 cm³/mol. The number of nitrogens with zero attached hydrogens (tertiary/aromatic N) is 5. The van der Waals surface area contributed by atoms with Gasteiger partial charge in [-0.2, -0.15) is 0 Å². The van der Waals surface area contributed by atoms with Crippen molar-refractivity contribution in [3.8, 4) is 11.6 Å².